The molecule has 0 bridgehead atoms. The molecule has 0 aliphatic heterocycles. The Labute approximate surface area is 92.0 Å². The van der Waals surface area contributed by atoms with Crippen LogP contribution in [0.25, 0.3) is 0 Å². The molecule has 4 N–H and O–H groups in total. The highest BCUT2D eigenvalue weighted by Gasteiger charge is 2.36. The molecule has 0 unspecified atom stereocenters. The molecule has 0 spiro atoms. The van der Waals surface area contributed by atoms with E-state index in [4.69, 9.17) is 5.73 Å². The Morgan fingerprint density at radius 3 is 2.60 bits per heavy atom. The summed E-state index contributed by atoms with van der Waals surface area (Å²) in [4.78, 5) is 11.8. The number of hydrogen-bond donors (Lipinski definition) is 3. The summed E-state index contributed by atoms with van der Waals surface area (Å²) >= 11 is 0. The van der Waals surface area contributed by atoms with Crippen molar-refractivity contribution >= 4 is 5.91 Å². The van der Waals surface area contributed by atoms with E-state index in [1.54, 1.807) is 0 Å². The van der Waals surface area contributed by atoms with E-state index in [-0.39, 0.29) is 5.91 Å². The molecule has 0 radical (unpaired) electrons. The van der Waals surface area contributed by atoms with Crippen LogP contribution in [0, 0.1) is 0 Å². The minimum absolute atomic E-state index is 0.0183. The molecule has 0 aromatic heterocycles. The zero-order valence-corrected chi connectivity index (χ0v) is 9.81. The highest BCUT2D eigenvalue weighted by molar-refractivity contribution is 5.86. The molecule has 1 aliphatic carbocycles. The van der Waals surface area contributed by atoms with Crippen molar-refractivity contribution in [3.8, 4) is 0 Å². The monoisotopic (exact) mass is 213 g/mol. The molecule has 1 fully saturated rings. The van der Waals surface area contributed by atoms with Crippen LogP contribution in [0.2, 0.25) is 0 Å². The molecule has 0 aromatic carbocycles. The fourth-order valence-corrected chi connectivity index (χ4v) is 2.08. The number of hydrogen-bond acceptors (Lipinski definition) is 3. The SMILES string of the molecule is CCN[C@H](C)CNC(=O)C1(N)CCCC1. The van der Waals surface area contributed by atoms with Crippen molar-refractivity contribution in [1.29, 1.82) is 0 Å². The first-order valence-electron chi connectivity index (χ1n) is 5.89. The molecule has 1 rings (SSSR count). The lowest BCUT2D eigenvalue weighted by molar-refractivity contribution is -0.126. The summed E-state index contributed by atoms with van der Waals surface area (Å²) in [7, 11) is 0. The molecule has 88 valence electrons. The summed E-state index contributed by atoms with van der Waals surface area (Å²) in [6, 6.07) is 0.309. The molecular weight excluding hydrogens is 190 g/mol. The Balaban J connectivity index is 2.29. The van der Waals surface area contributed by atoms with Gasteiger partial charge < -0.3 is 16.4 Å². The van der Waals surface area contributed by atoms with Crippen LogP contribution in [-0.4, -0.2) is 30.6 Å². The van der Waals surface area contributed by atoms with Gasteiger partial charge in [0.1, 0.15) is 0 Å². The molecule has 1 saturated carbocycles. The fraction of sp³-hybridized carbons (Fsp3) is 0.909. The Bertz CT molecular complexity index is 212. The summed E-state index contributed by atoms with van der Waals surface area (Å²) in [6.07, 6.45) is 3.81. The number of likely N-dealkylation sites (N-methyl/N-ethyl adjacent to an activating group) is 1. The quantitative estimate of drug-likeness (QED) is 0.618. The second-order valence-electron chi connectivity index (χ2n) is 4.53. The van der Waals surface area contributed by atoms with Crippen molar-refractivity contribution in [2.75, 3.05) is 13.1 Å². The van der Waals surface area contributed by atoms with Gasteiger partial charge in [-0.05, 0) is 26.3 Å². The molecule has 1 atom stereocenters. The molecule has 1 aliphatic rings. The first-order valence-corrected chi connectivity index (χ1v) is 5.89. The van der Waals surface area contributed by atoms with E-state index in [2.05, 4.69) is 24.5 Å². The summed E-state index contributed by atoms with van der Waals surface area (Å²) < 4.78 is 0. The Morgan fingerprint density at radius 2 is 2.07 bits per heavy atom. The third-order valence-corrected chi connectivity index (χ3v) is 3.07. The van der Waals surface area contributed by atoms with E-state index in [1.807, 2.05) is 0 Å². The first-order chi connectivity index (χ1) is 7.08. The van der Waals surface area contributed by atoms with Gasteiger partial charge in [-0.3, -0.25) is 4.79 Å². The molecule has 0 saturated heterocycles. The van der Waals surface area contributed by atoms with E-state index < -0.39 is 5.54 Å². The number of amides is 1. The largest absolute Gasteiger partial charge is 0.353 e. The average Bonchev–Trinajstić information content (AvgIpc) is 2.63. The maximum Gasteiger partial charge on any atom is 0.240 e. The highest BCUT2D eigenvalue weighted by atomic mass is 16.2. The average molecular weight is 213 g/mol. The Morgan fingerprint density at radius 1 is 1.47 bits per heavy atom. The third kappa shape index (κ3) is 3.47. The summed E-state index contributed by atoms with van der Waals surface area (Å²) in [6.45, 7) is 5.69. The van der Waals surface area contributed by atoms with Gasteiger partial charge in [-0.25, -0.2) is 0 Å². The molecule has 1 amide bonds. The van der Waals surface area contributed by atoms with Crippen molar-refractivity contribution < 1.29 is 4.79 Å². The van der Waals surface area contributed by atoms with Crippen LogP contribution in [0.3, 0.4) is 0 Å². The lowest BCUT2D eigenvalue weighted by Gasteiger charge is -2.23. The van der Waals surface area contributed by atoms with Crippen molar-refractivity contribution in [2.24, 2.45) is 5.73 Å². The van der Waals surface area contributed by atoms with Gasteiger partial charge in [-0.1, -0.05) is 19.8 Å². The van der Waals surface area contributed by atoms with Crippen LogP contribution in [0.5, 0.6) is 0 Å². The molecule has 4 heteroatoms. The van der Waals surface area contributed by atoms with Crippen LogP contribution >= 0.6 is 0 Å². The van der Waals surface area contributed by atoms with Crippen molar-refractivity contribution in [3.05, 3.63) is 0 Å². The van der Waals surface area contributed by atoms with Crippen molar-refractivity contribution in [3.63, 3.8) is 0 Å². The normalized spacial score (nSPS) is 21.3. The van der Waals surface area contributed by atoms with Gasteiger partial charge in [-0.2, -0.15) is 0 Å². The van der Waals surface area contributed by atoms with E-state index in [0.29, 0.717) is 12.6 Å². The number of carbonyl (C=O) groups is 1. The van der Waals surface area contributed by atoms with Gasteiger partial charge in [0, 0.05) is 12.6 Å². The standard InChI is InChI=1S/C11H23N3O/c1-3-13-9(2)8-14-10(15)11(12)6-4-5-7-11/h9,13H,3-8,12H2,1-2H3,(H,14,15)/t9-/m1/s1. The second kappa shape index (κ2) is 5.47. The van der Waals surface area contributed by atoms with Crippen LogP contribution in [0.15, 0.2) is 0 Å². The lowest BCUT2D eigenvalue weighted by atomic mass is 9.98. The predicted octanol–water partition coefficient (Wildman–Crippen LogP) is 0.372. The van der Waals surface area contributed by atoms with Gasteiger partial charge in [0.25, 0.3) is 0 Å². The molecule has 4 nitrogen and oxygen atoms in total. The van der Waals surface area contributed by atoms with Gasteiger partial charge in [0.05, 0.1) is 5.54 Å². The van der Waals surface area contributed by atoms with E-state index in [1.165, 1.54) is 0 Å². The zero-order chi connectivity index (χ0) is 11.3. The molecule has 15 heavy (non-hydrogen) atoms. The van der Waals surface area contributed by atoms with E-state index >= 15 is 0 Å². The zero-order valence-electron chi connectivity index (χ0n) is 9.81. The maximum absolute atomic E-state index is 11.8. The van der Waals surface area contributed by atoms with Crippen molar-refractivity contribution in [2.45, 2.75) is 51.1 Å². The molecule has 0 aromatic rings. The van der Waals surface area contributed by atoms with Gasteiger partial charge in [-0.15, -0.1) is 0 Å². The van der Waals surface area contributed by atoms with E-state index in [9.17, 15) is 4.79 Å². The number of nitrogens with two attached hydrogens (primary N) is 1. The second-order valence-corrected chi connectivity index (χ2v) is 4.53. The van der Waals surface area contributed by atoms with Crippen LogP contribution in [0.4, 0.5) is 0 Å². The number of nitrogens with one attached hydrogen (secondary N) is 2. The predicted molar refractivity (Wildman–Crippen MR) is 61.5 cm³/mol. The van der Waals surface area contributed by atoms with Crippen LogP contribution < -0.4 is 16.4 Å². The Kier molecular flexibility index (Phi) is 4.54. The topological polar surface area (TPSA) is 67.1 Å². The Hall–Kier alpha value is -0.610. The minimum Gasteiger partial charge on any atom is -0.353 e. The van der Waals surface area contributed by atoms with E-state index in [0.717, 1.165) is 32.2 Å². The molecular formula is C11H23N3O. The number of carbonyl (C=O) groups excluding carboxylic acids is 1. The fourth-order valence-electron chi connectivity index (χ4n) is 2.08. The maximum atomic E-state index is 11.8. The smallest absolute Gasteiger partial charge is 0.240 e. The van der Waals surface area contributed by atoms with Gasteiger partial charge in [0.15, 0.2) is 0 Å². The third-order valence-electron chi connectivity index (χ3n) is 3.07. The van der Waals surface area contributed by atoms with Gasteiger partial charge in [0.2, 0.25) is 5.91 Å². The van der Waals surface area contributed by atoms with Crippen molar-refractivity contribution in [1.82, 2.24) is 10.6 Å². The summed E-state index contributed by atoms with van der Waals surface area (Å²) in [5.41, 5.74) is 5.44. The lowest BCUT2D eigenvalue weighted by Crippen LogP contribution is -2.54. The van der Waals surface area contributed by atoms with Crippen LogP contribution in [-0.2, 0) is 4.79 Å². The minimum atomic E-state index is -0.591. The van der Waals surface area contributed by atoms with Gasteiger partial charge >= 0.3 is 0 Å². The number of rotatable bonds is 5. The first kappa shape index (κ1) is 12.5. The van der Waals surface area contributed by atoms with Crippen LogP contribution in [0.1, 0.15) is 39.5 Å². The molecule has 0 heterocycles. The summed E-state index contributed by atoms with van der Waals surface area (Å²) in [5, 5.41) is 6.17. The highest BCUT2D eigenvalue weighted by Crippen LogP contribution is 2.27. The summed E-state index contributed by atoms with van der Waals surface area (Å²) in [5.74, 6) is 0.0183.